The number of morpholine rings is 1. The van der Waals surface area contributed by atoms with Crippen molar-refractivity contribution in [3.63, 3.8) is 0 Å². The average Bonchev–Trinajstić information content (AvgIpc) is 2.81. The van der Waals surface area contributed by atoms with Gasteiger partial charge in [-0.25, -0.2) is 19.2 Å². The third-order valence-corrected chi connectivity index (χ3v) is 5.29. The van der Waals surface area contributed by atoms with Crippen LogP contribution in [0.3, 0.4) is 0 Å². The molecule has 1 aromatic heterocycles. The first-order valence-corrected chi connectivity index (χ1v) is 10.4. The smallest absolute Gasteiger partial charge is 0.337 e. The van der Waals surface area contributed by atoms with E-state index in [0.29, 0.717) is 41.6 Å². The molecule has 1 fully saturated rings. The summed E-state index contributed by atoms with van der Waals surface area (Å²) in [5, 5.41) is 3.06. The van der Waals surface area contributed by atoms with E-state index in [2.05, 4.69) is 20.2 Å². The highest BCUT2D eigenvalue weighted by Gasteiger charge is 2.18. The zero-order valence-electron chi connectivity index (χ0n) is 18.0. The largest absolute Gasteiger partial charge is 0.465 e. The highest BCUT2D eigenvalue weighted by atomic mass is 19.1. The Morgan fingerprint density at radius 2 is 2.06 bits per heavy atom. The maximum atomic E-state index is 14.7. The summed E-state index contributed by atoms with van der Waals surface area (Å²) in [6, 6.07) is 13.8. The first kappa shape index (κ1) is 21.9. The molecule has 3 aromatic rings. The van der Waals surface area contributed by atoms with Gasteiger partial charge in [-0.15, -0.1) is 0 Å². The van der Waals surface area contributed by atoms with Crippen molar-refractivity contribution in [2.24, 2.45) is 0 Å². The predicted molar refractivity (Wildman–Crippen MR) is 119 cm³/mol. The van der Waals surface area contributed by atoms with Gasteiger partial charge < -0.3 is 14.8 Å². The van der Waals surface area contributed by atoms with Crippen molar-refractivity contribution in [1.29, 1.82) is 0 Å². The SMILES string of the molecule is COC(=O)c1ccc(-c2ccnc(Nc3ccc(CN4CCO[C@H](C)C4)c(F)c3)n2)cc1. The lowest BCUT2D eigenvalue weighted by molar-refractivity contribution is -0.0215. The minimum atomic E-state index is -0.393. The molecule has 2 aromatic carbocycles. The van der Waals surface area contributed by atoms with Gasteiger partial charge in [0.05, 0.1) is 31.1 Å². The van der Waals surface area contributed by atoms with Crippen LogP contribution in [0.25, 0.3) is 11.3 Å². The second kappa shape index (κ2) is 9.84. The van der Waals surface area contributed by atoms with Gasteiger partial charge in [-0.1, -0.05) is 18.2 Å². The molecule has 1 aliphatic heterocycles. The van der Waals surface area contributed by atoms with Crippen molar-refractivity contribution in [2.45, 2.75) is 19.6 Å². The van der Waals surface area contributed by atoms with Crippen LogP contribution in [0, 0.1) is 5.82 Å². The molecule has 32 heavy (non-hydrogen) atoms. The highest BCUT2D eigenvalue weighted by Crippen LogP contribution is 2.22. The number of aromatic nitrogens is 2. The molecule has 4 rings (SSSR count). The number of nitrogens with one attached hydrogen (secondary N) is 1. The van der Waals surface area contributed by atoms with Gasteiger partial charge in [0.2, 0.25) is 5.95 Å². The number of carbonyl (C=O) groups excluding carboxylic acids is 1. The van der Waals surface area contributed by atoms with E-state index >= 15 is 0 Å². The van der Waals surface area contributed by atoms with Crippen molar-refractivity contribution in [3.05, 3.63) is 71.7 Å². The van der Waals surface area contributed by atoms with E-state index in [-0.39, 0.29) is 11.9 Å². The number of benzene rings is 2. The molecule has 0 saturated carbocycles. The predicted octanol–water partition coefficient (Wildman–Crippen LogP) is 4.03. The zero-order chi connectivity index (χ0) is 22.5. The van der Waals surface area contributed by atoms with Gasteiger partial charge in [-0.05, 0) is 37.3 Å². The Balaban J connectivity index is 1.45. The quantitative estimate of drug-likeness (QED) is 0.585. The van der Waals surface area contributed by atoms with Crippen LogP contribution in [0.15, 0.2) is 54.7 Å². The van der Waals surface area contributed by atoms with Gasteiger partial charge in [0, 0.05) is 42.6 Å². The number of carbonyl (C=O) groups is 1. The van der Waals surface area contributed by atoms with Crippen LogP contribution in [0.2, 0.25) is 0 Å². The fourth-order valence-electron chi connectivity index (χ4n) is 3.63. The van der Waals surface area contributed by atoms with Crippen molar-refractivity contribution in [3.8, 4) is 11.3 Å². The fourth-order valence-corrected chi connectivity index (χ4v) is 3.63. The van der Waals surface area contributed by atoms with Crippen molar-refractivity contribution in [1.82, 2.24) is 14.9 Å². The van der Waals surface area contributed by atoms with Crippen LogP contribution < -0.4 is 5.32 Å². The van der Waals surface area contributed by atoms with Crippen molar-refractivity contribution in [2.75, 3.05) is 32.1 Å². The van der Waals surface area contributed by atoms with Crippen LogP contribution in [-0.4, -0.2) is 53.7 Å². The second-order valence-corrected chi connectivity index (χ2v) is 7.68. The Morgan fingerprint density at radius 1 is 1.25 bits per heavy atom. The molecule has 166 valence electrons. The highest BCUT2D eigenvalue weighted by molar-refractivity contribution is 5.89. The molecule has 8 heteroatoms. The first-order chi connectivity index (χ1) is 15.5. The Hall–Kier alpha value is -3.36. The molecule has 1 saturated heterocycles. The van der Waals surface area contributed by atoms with E-state index in [1.807, 2.05) is 13.0 Å². The van der Waals surface area contributed by atoms with Gasteiger partial charge in [0.1, 0.15) is 5.82 Å². The van der Waals surface area contributed by atoms with Gasteiger partial charge in [0.15, 0.2) is 0 Å². The summed E-state index contributed by atoms with van der Waals surface area (Å²) in [5.74, 6) is -0.312. The summed E-state index contributed by atoms with van der Waals surface area (Å²) < 4.78 is 25.0. The summed E-state index contributed by atoms with van der Waals surface area (Å²) >= 11 is 0. The first-order valence-electron chi connectivity index (χ1n) is 10.4. The summed E-state index contributed by atoms with van der Waals surface area (Å²) in [7, 11) is 1.34. The lowest BCUT2D eigenvalue weighted by atomic mass is 10.1. The molecule has 0 spiro atoms. The number of nitrogens with zero attached hydrogens (tertiary/aromatic N) is 3. The maximum Gasteiger partial charge on any atom is 0.337 e. The molecule has 1 atom stereocenters. The van der Waals surface area contributed by atoms with Crippen LogP contribution in [-0.2, 0) is 16.0 Å². The lowest BCUT2D eigenvalue weighted by Crippen LogP contribution is -2.40. The topological polar surface area (TPSA) is 76.6 Å². The number of anilines is 2. The Bertz CT molecular complexity index is 1090. The summed E-state index contributed by atoms with van der Waals surface area (Å²) in [6.07, 6.45) is 1.79. The van der Waals surface area contributed by atoms with E-state index in [9.17, 15) is 9.18 Å². The summed E-state index contributed by atoms with van der Waals surface area (Å²) in [5.41, 5.74) is 3.18. The fraction of sp³-hybridized carbons (Fsp3) is 0.292. The van der Waals surface area contributed by atoms with Gasteiger partial charge in [-0.2, -0.15) is 0 Å². The second-order valence-electron chi connectivity index (χ2n) is 7.68. The number of rotatable bonds is 6. The average molecular weight is 436 g/mol. The number of ether oxygens (including phenoxy) is 2. The Morgan fingerprint density at radius 3 is 2.78 bits per heavy atom. The molecule has 0 unspecified atom stereocenters. The molecule has 0 radical (unpaired) electrons. The summed E-state index contributed by atoms with van der Waals surface area (Å²) in [4.78, 5) is 22.5. The normalized spacial score (nSPS) is 16.5. The van der Waals surface area contributed by atoms with Crippen molar-refractivity contribution >= 4 is 17.6 Å². The molecule has 2 heterocycles. The van der Waals surface area contributed by atoms with Crippen LogP contribution in [0.4, 0.5) is 16.0 Å². The Kier molecular flexibility index (Phi) is 6.72. The minimum Gasteiger partial charge on any atom is -0.465 e. The number of hydrogen-bond donors (Lipinski definition) is 1. The van der Waals surface area contributed by atoms with Crippen LogP contribution in [0.5, 0.6) is 0 Å². The molecular formula is C24H25FN4O3. The maximum absolute atomic E-state index is 14.7. The number of halogens is 1. The third kappa shape index (κ3) is 5.27. The Labute approximate surface area is 186 Å². The van der Waals surface area contributed by atoms with Crippen molar-refractivity contribution < 1.29 is 18.7 Å². The molecule has 0 amide bonds. The van der Waals surface area contributed by atoms with Gasteiger partial charge in [0.25, 0.3) is 0 Å². The van der Waals surface area contributed by atoms with E-state index in [0.717, 1.165) is 18.7 Å². The van der Waals surface area contributed by atoms with Crippen LogP contribution >= 0.6 is 0 Å². The standard InChI is InChI=1S/C24H25FN4O3/c1-16-14-29(11-12-32-16)15-19-7-8-20(13-21(19)25)27-24-26-10-9-22(28-24)17-3-5-18(6-4-17)23(30)31-2/h3-10,13,16H,11-12,14-15H2,1-2H3,(H,26,27,28)/t16-/m1/s1. The van der Waals surface area contributed by atoms with E-state index in [1.165, 1.54) is 13.2 Å². The molecule has 1 N–H and O–H groups in total. The van der Waals surface area contributed by atoms with Crippen LogP contribution in [0.1, 0.15) is 22.8 Å². The summed E-state index contributed by atoms with van der Waals surface area (Å²) in [6.45, 7) is 4.83. The third-order valence-electron chi connectivity index (χ3n) is 5.29. The monoisotopic (exact) mass is 436 g/mol. The molecule has 1 aliphatic rings. The zero-order valence-corrected chi connectivity index (χ0v) is 18.0. The number of methoxy groups -OCH3 is 1. The molecule has 7 nitrogen and oxygen atoms in total. The molecular weight excluding hydrogens is 411 g/mol. The van der Waals surface area contributed by atoms with Gasteiger partial charge in [-0.3, -0.25) is 4.90 Å². The number of hydrogen-bond acceptors (Lipinski definition) is 7. The minimum absolute atomic E-state index is 0.161. The number of esters is 1. The lowest BCUT2D eigenvalue weighted by Gasteiger charge is -2.31. The van der Waals surface area contributed by atoms with E-state index < -0.39 is 5.97 Å². The van der Waals surface area contributed by atoms with E-state index in [4.69, 9.17) is 9.47 Å². The molecule has 0 aliphatic carbocycles. The van der Waals surface area contributed by atoms with E-state index in [1.54, 1.807) is 42.6 Å². The molecule has 0 bridgehead atoms. The van der Waals surface area contributed by atoms with Gasteiger partial charge >= 0.3 is 5.97 Å².